The summed E-state index contributed by atoms with van der Waals surface area (Å²) in [4.78, 5) is 0. The van der Waals surface area contributed by atoms with Gasteiger partial charge in [-0.2, -0.15) is 0 Å². The highest BCUT2D eigenvalue weighted by Gasteiger charge is 2.50. The Hall–Kier alpha value is -0.510. The first kappa shape index (κ1) is 24.7. The Morgan fingerprint density at radius 2 is 0.696 bits per heavy atom. The lowest BCUT2D eigenvalue weighted by Crippen LogP contribution is -3.00. The summed E-state index contributed by atoms with van der Waals surface area (Å²) in [6, 6.07) is 0. The number of hydrogen-bond donors (Lipinski definition) is 0. The molecular formula is C11H22B2F8N2. The van der Waals surface area contributed by atoms with Crippen molar-refractivity contribution < 1.29 is 44.3 Å². The molecule has 0 amide bonds. The highest BCUT2D eigenvalue weighted by molar-refractivity contribution is 6.33. The van der Waals surface area contributed by atoms with Crippen LogP contribution < -0.4 is 9.41 Å². The molecule has 0 unspecified atom stereocenters. The Balaban J connectivity index is 0. The van der Waals surface area contributed by atoms with Crippen LogP contribution in [0.3, 0.4) is 0 Å². The summed E-state index contributed by atoms with van der Waals surface area (Å²) in [5, 5.41) is 0. The number of quaternary nitrogens is 2. The quantitative estimate of drug-likeness (QED) is 0.246. The first-order valence-electron chi connectivity index (χ1n) is 7.34. The van der Waals surface area contributed by atoms with E-state index in [2.05, 4.69) is 0 Å². The molecule has 0 aromatic heterocycles. The zero-order valence-corrected chi connectivity index (χ0v) is 12.9. The van der Waals surface area contributed by atoms with Crippen molar-refractivity contribution in [2.45, 2.75) is 25.7 Å². The van der Waals surface area contributed by atoms with Crippen molar-refractivity contribution in [3.05, 3.63) is 0 Å². The maximum atomic E-state index is 9.67. The lowest BCUT2D eigenvalue weighted by atomic mass is 10.4. The van der Waals surface area contributed by atoms with Crippen molar-refractivity contribution in [1.29, 1.82) is 0 Å². The maximum absolute atomic E-state index is 9.67. The van der Waals surface area contributed by atoms with E-state index >= 15 is 0 Å². The number of nitrogens with zero attached hydrogens (tertiary/aromatic N) is 2. The minimum absolute atomic E-state index is 0. The SMILES string of the molecule is C1CC[N+]2(C1)CC[N+]1(CCCC1)C2.FB(F)F.FB(F)F.[F-].[F-]. The molecule has 2 nitrogen and oxygen atoms in total. The minimum atomic E-state index is -3.67. The van der Waals surface area contributed by atoms with Crippen LogP contribution in [-0.4, -0.2) is 70.0 Å². The largest absolute Gasteiger partial charge is 1.00 e. The zero-order chi connectivity index (χ0) is 15.9. The van der Waals surface area contributed by atoms with Gasteiger partial charge in [-0.1, -0.05) is 0 Å². The highest BCUT2D eigenvalue weighted by Crippen LogP contribution is 2.32. The second kappa shape index (κ2) is 11.1. The van der Waals surface area contributed by atoms with Crippen molar-refractivity contribution in [1.82, 2.24) is 0 Å². The second-order valence-corrected chi connectivity index (χ2v) is 6.08. The molecule has 0 aromatic rings. The van der Waals surface area contributed by atoms with E-state index in [0.29, 0.717) is 0 Å². The zero-order valence-electron chi connectivity index (χ0n) is 12.9. The van der Waals surface area contributed by atoms with Gasteiger partial charge in [-0.05, 0) is 0 Å². The first-order valence-corrected chi connectivity index (χ1v) is 7.34. The fourth-order valence-electron chi connectivity index (χ4n) is 3.94. The lowest BCUT2D eigenvalue weighted by molar-refractivity contribution is -1.04. The average molecular weight is 356 g/mol. The molecule has 12 heteroatoms. The summed E-state index contributed by atoms with van der Waals surface area (Å²) in [5.41, 5.74) is 0. The third-order valence-electron chi connectivity index (χ3n) is 4.68. The van der Waals surface area contributed by atoms with E-state index in [9.17, 15) is 25.9 Å². The van der Waals surface area contributed by atoms with Gasteiger partial charge in [-0.25, -0.2) is 0 Å². The van der Waals surface area contributed by atoms with Gasteiger partial charge in [0.05, 0.1) is 26.2 Å². The van der Waals surface area contributed by atoms with Crippen LogP contribution in [0.5, 0.6) is 0 Å². The van der Waals surface area contributed by atoms with Crippen LogP contribution in [0.2, 0.25) is 0 Å². The first-order chi connectivity index (χ1) is 9.79. The lowest BCUT2D eigenvalue weighted by Gasteiger charge is -2.31. The average Bonchev–Trinajstić information content (AvgIpc) is 3.04. The van der Waals surface area contributed by atoms with Gasteiger partial charge in [0.2, 0.25) is 6.67 Å². The molecule has 0 bridgehead atoms. The second-order valence-electron chi connectivity index (χ2n) is 6.08. The van der Waals surface area contributed by atoms with Crippen LogP contribution in [0, 0.1) is 0 Å². The van der Waals surface area contributed by atoms with Crippen LogP contribution in [0.4, 0.5) is 25.9 Å². The number of rotatable bonds is 0. The molecule has 3 aliphatic rings. The van der Waals surface area contributed by atoms with Crippen molar-refractivity contribution in [3.63, 3.8) is 0 Å². The van der Waals surface area contributed by atoms with E-state index in [0.717, 1.165) is 0 Å². The van der Waals surface area contributed by atoms with Crippen LogP contribution in [0.15, 0.2) is 0 Å². The summed E-state index contributed by atoms with van der Waals surface area (Å²) in [5.74, 6) is 0. The number of hydrogen-bond acceptors (Lipinski definition) is 0. The molecule has 2 spiro atoms. The molecule has 0 radical (unpaired) electrons. The van der Waals surface area contributed by atoms with Crippen molar-refractivity contribution in [3.8, 4) is 0 Å². The minimum Gasteiger partial charge on any atom is -1.00 e. The van der Waals surface area contributed by atoms with Gasteiger partial charge < -0.3 is 9.41 Å². The Morgan fingerprint density at radius 3 is 0.913 bits per heavy atom. The monoisotopic (exact) mass is 356 g/mol. The van der Waals surface area contributed by atoms with Gasteiger partial charge in [0, 0.05) is 25.7 Å². The fraction of sp³-hybridized carbons (Fsp3) is 1.00. The van der Waals surface area contributed by atoms with Crippen LogP contribution >= 0.6 is 0 Å². The van der Waals surface area contributed by atoms with Gasteiger partial charge in [-0.15, -0.1) is 0 Å². The molecule has 0 atom stereocenters. The van der Waals surface area contributed by atoms with Gasteiger partial charge in [0.1, 0.15) is 13.1 Å². The van der Waals surface area contributed by atoms with E-state index in [-0.39, 0.29) is 9.41 Å². The molecule has 0 aliphatic carbocycles. The van der Waals surface area contributed by atoms with E-state index in [4.69, 9.17) is 0 Å². The Kier molecular flexibility index (Phi) is 12.0. The third kappa shape index (κ3) is 8.78. The van der Waals surface area contributed by atoms with Crippen molar-refractivity contribution >= 4 is 15.1 Å². The summed E-state index contributed by atoms with van der Waals surface area (Å²) >= 11 is 0. The molecular weight excluding hydrogens is 334 g/mol. The summed E-state index contributed by atoms with van der Waals surface area (Å²) < 4.78 is 61.0. The highest BCUT2D eigenvalue weighted by atomic mass is 19.4. The van der Waals surface area contributed by atoms with Crippen LogP contribution in [0.25, 0.3) is 0 Å². The van der Waals surface area contributed by atoms with E-state index < -0.39 is 15.1 Å². The maximum Gasteiger partial charge on any atom is 0.762 e. The van der Waals surface area contributed by atoms with Gasteiger partial charge in [0.25, 0.3) is 0 Å². The standard InChI is InChI=1S/C11H22N2.2BF3.2FH/c1-2-6-12(5-1)9-10-13(11-12)7-3-4-8-13;2*2-1(3)4;;/h1-11H2;;;2*1H/q+2;;;;/p-2. The topological polar surface area (TPSA) is 0 Å². The predicted molar refractivity (Wildman–Crippen MR) is 71.2 cm³/mol. The Bertz CT molecular complexity index is 266. The van der Waals surface area contributed by atoms with Gasteiger partial charge in [0.15, 0.2) is 0 Å². The molecule has 0 N–H and O–H groups in total. The van der Waals surface area contributed by atoms with E-state index in [1.54, 1.807) is 0 Å². The normalized spacial score (nSPS) is 22.2. The van der Waals surface area contributed by atoms with Gasteiger partial charge >= 0.3 is 15.1 Å². The van der Waals surface area contributed by atoms with Crippen LogP contribution in [0.1, 0.15) is 25.7 Å². The van der Waals surface area contributed by atoms with E-state index in [1.807, 2.05) is 0 Å². The van der Waals surface area contributed by atoms with Crippen molar-refractivity contribution in [2.75, 3.05) is 45.9 Å². The molecule has 3 fully saturated rings. The molecule has 138 valence electrons. The van der Waals surface area contributed by atoms with Crippen LogP contribution in [-0.2, 0) is 0 Å². The molecule has 0 saturated carbocycles. The molecule has 3 heterocycles. The van der Waals surface area contributed by atoms with E-state index in [1.165, 1.54) is 80.6 Å². The fourth-order valence-corrected chi connectivity index (χ4v) is 3.94. The van der Waals surface area contributed by atoms with Crippen molar-refractivity contribution in [2.24, 2.45) is 0 Å². The summed E-state index contributed by atoms with van der Waals surface area (Å²) in [6.07, 6.45) is 6.00. The molecule has 3 aliphatic heterocycles. The molecule has 3 rings (SSSR count). The smallest absolute Gasteiger partial charge is 0.762 e. The Labute approximate surface area is 132 Å². The molecule has 0 aromatic carbocycles. The molecule has 23 heavy (non-hydrogen) atoms. The predicted octanol–water partition coefficient (Wildman–Crippen LogP) is -3.05. The Morgan fingerprint density at radius 1 is 0.478 bits per heavy atom. The van der Waals surface area contributed by atoms with Gasteiger partial charge in [-0.3, -0.25) is 34.9 Å². The number of halogens is 8. The molecule has 3 saturated heterocycles. The summed E-state index contributed by atoms with van der Waals surface area (Å²) in [7, 11) is -7.33. The third-order valence-corrected chi connectivity index (χ3v) is 4.68. The summed E-state index contributed by atoms with van der Waals surface area (Å²) in [6.45, 7) is 10.5.